The van der Waals surface area contributed by atoms with Crippen molar-refractivity contribution in [1.29, 1.82) is 0 Å². The zero-order chi connectivity index (χ0) is 14.1. The molecule has 4 nitrogen and oxygen atoms in total. The van der Waals surface area contributed by atoms with E-state index in [2.05, 4.69) is 71.0 Å². The van der Waals surface area contributed by atoms with Gasteiger partial charge in [-0.2, -0.15) is 0 Å². The number of rotatable bonds is 3. The minimum Gasteiger partial charge on any atom is -0.376 e. The number of nitrogens with one attached hydrogen (secondary N) is 1. The first-order valence-corrected chi connectivity index (χ1v) is 8.34. The van der Waals surface area contributed by atoms with Gasteiger partial charge in [0.2, 0.25) is 0 Å². The van der Waals surface area contributed by atoms with E-state index in [0.29, 0.717) is 6.54 Å². The molecule has 1 aliphatic rings. The Kier molecular flexibility index (Phi) is 4.12. The van der Waals surface area contributed by atoms with E-state index in [1.165, 1.54) is 18.4 Å². The quantitative estimate of drug-likeness (QED) is 0.846. The molecule has 1 aliphatic heterocycles. The molecule has 1 aromatic heterocycles. The third-order valence-electron chi connectivity index (χ3n) is 3.55. The molecule has 2 heterocycles. The van der Waals surface area contributed by atoms with Crippen molar-refractivity contribution >= 4 is 37.5 Å². The fourth-order valence-corrected chi connectivity index (χ4v) is 4.23. The maximum Gasteiger partial charge on any atom is 0.152 e. The molecule has 0 bridgehead atoms. The Bertz CT molecular complexity index is 613. The Balaban J connectivity index is 1.79. The minimum absolute atomic E-state index is 0.688. The number of aryl methyl sites for hydroxylation is 2. The van der Waals surface area contributed by atoms with E-state index >= 15 is 0 Å². The average Bonchev–Trinajstić information content (AvgIpc) is 2.81. The molecule has 3 rings (SSSR count). The van der Waals surface area contributed by atoms with Gasteiger partial charge in [0.05, 0.1) is 12.2 Å². The number of hydrogen-bond acceptors (Lipinski definition) is 3. The number of fused-ring (bicyclic) bond motifs is 1. The highest BCUT2D eigenvalue weighted by Crippen LogP contribution is 2.32. The van der Waals surface area contributed by atoms with Gasteiger partial charge in [-0.15, -0.1) is 10.2 Å². The van der Waals surface area contributed by atoms with Crippen molar-refractivity contribution in [2.45, 2.75) is 39.3 Å². The predicted molar refractivity (Wildman–Crippen MR) is 86.9 cm³/mol. The molecule has 2 aromatic rings. The monoisotopic (exact) mass is 398 g/mol. The van der Waals surface area contributed by atoms with Crippen molar-refractivity contribution in [3.05, 3.63) is 38.3 Å². The number of hydrogen-bond donors (Lipinski definition) is 1. The van der Waals surface area contributed by atoms with Crippen molar-refractivity contribution in [2.75, 3.05) is 5.32 Å². The molecule has 106 valence electrons. The smallest absolute Gasteiger partial charge is 0.152 e. The first kappa shape index (κ1) is 14.1. The van der Waals surface area contributed by atoms with Gasteiger partial charge < -0.3 is 9.88 Å². The summed E-state index contributed by atoms with van der Waals surface area (Å²) >= 11 is 7.20. The van der Waals surface area contributed by atoms with Crippen LogP contribution < -0.4 is 5.32 Å². The number of anilines is 1. The second-order valence-corrected chi connectivity index (χ2v) is 6.81. The van der Waals surface area contributed by atoms with Gasteiger partial charge in [0.25, 0.3) is 0 Å². The van der Waals surface area contributed by atoms with E-state index in [0.717, 1.165) is 39.2 Å². The lowest BCUT2D eigenvalue weighted by Crippen LogP contribution is -2.15. The molecule has 0 spiro atoms. The third-order valence-corrected chi connectivity index (χ3v) is 4.80. The Morgan fingerprint density at radius 1 is 1.20 bits per heavy atom. The van der Waals surface area contributed by atoms with Gasteiger partial charge in [-0.05, 0) is 69.3 Å². The second kappa shape index (κ2) is 5.85. The Morgan fingerprint density at radius 3 is 2.70 bits per heavy atom. The lowest BCUT2D eigenvalue weighted by molar-refractivity contribution is 0.510. The normalized spacial score (nSPS) is 14.2. The van der Waals surface area contributed by atoms with Crippen LogP contribution in [-0.2, 0) is 19.5 Å². The highest BCUT2D eigenvalue weighted by Gasteiger charge is 2.16. The highest BCUT2D eigenvalue weighted by molar-refractivity contribution is 9.11. The van der Waals surface area contributed by atoms with Crippen LogP contribution in [0.1, 0.15) is 30.1 Å². The van der Waals surface area contributed by atoms with Gasteiger partial charge in [0.15, 0.2) is 5.82 Å². The Labute approximate surface area is 135 Å². The predicted octanol–water partition coefficient (Wildman–Crippen LogP) is 4.06. The van der Waals surface area contributed by atoms with Gasteiger partial charge in [-0.3, -0.25) is 0 Å². The highest BCUT2D eigenvalue weighted by atomic mass is 79.9. The lowest BCUT2D eigenvalue weighted by Gasteiger charge is -2.16. The Morgan fingerprint density at radius 2 is 1.95 bits per heavy atom. The summed E-state index contributed by atoms with van der Waals surface area (Å²) in [6.45, 7) is 3.80. The lowest BCUT2D eigenvalue weighted by atomic mass is 10.1. The summed E-state index contributed by atoms with van der Waals surface area (Å²) in [5.74, 6) is 2.13. The molecule has 0 saturated carbocycles. The molecule has 0 amide bonds. The molecular weight excluding hydrogens is 384 g/mol. The first-order chi connectivity index (χ1) is 9.65. The molecule has 0 saturated heterocycles. The zero-order valence-electron chi connectivity index (χ0n) is 11.3. The van der Waals surface area contributed by atoms with Crippen LogP contribution in [-0.4, -0.2) is 14.8 Å². The third kappa shape index (κ3) is 2.76. The van der Waals surface area contributed by atoms with Crippen molar-refractivity contribution in [3.63, 3.8) is 0 Å². The van der Waals surface area contributed by atoms with Crippen LogP contribution in [0, 0.1) is 6.92 Å². The first-order valence-electron chi connectivity index (χ1n) is 6.75. The van der Waals surface area contributed by atoms with E-state index in [1.807, 2.05) is 0 Å². The summed E-state index contributed by atoms with van der Waals surface area (Å²) in [5.41, 5.74) is 2.28. The minimum atomic E-state index is 0.688. The topological polar surface area (TPSA) is 42.7 Å². The summed E-state index contributed by atoms with van der Waals surface area (Å²) in [6, 6.07) is 4.21. The SMILES string of the molecule is Cc1cc(Br)c(NCc2nnc3n2CCCC3)c(Br)c1. The molecule has 1 N–H and O–H groups in total. The van der Waals surface area contributed by atoms with Gasteiger partial charge in [0.1, 0.15) is 5.82 Å². The zero-order valence-corrected chi connectivity index (χ0v) is 14.5. The molecule has 0 aliphatic carbocycles. The molecule has 0 unspecified atom stereocenters. The molecule has 0 radical (unpaired) electrons. The summed E-state index contributed by atoms with van der Waals surface area (Å²) in [6.07, 6.45) is 3.49. The average molecular weight is 400 g/mol. The van der Waals surface area contributed by atoms with Crippen LogP contribution in [0.5, 0.6) is 0 Å². The molecule has 20 heavy (non-hydrogen) atoms. The summed E-state index contributed by atoms with van der Waals surface area (Å²) in [4.78, 5) is 0. The fraction of sp³-hybridized carbons (Fsp3) is 0.429. The number of halogens is 2. The van der Waals surface area contributed by atoms with Crippen LogP contribution in [0.4, 0.5) is 5.69 Å². The molecule has 6 heteroatoms. The van der Waals surface area contributed by atoms with E-state index in [4.69, 9.17) is 0 Å². The van der Waals surface area contributed by atoms with Gasteiger partial charge in [-0.1, -0.05) is 0 Å². The maximum atomic E-state index is 4.31. The molecule has 0 atom stereocenters. The van der Waals surface area contributed by atoms with Crippen molar-refractivity contribution in [1.82, 2.24) is 14.8 Å². The van der Waals surface area contributed by atoms with Crippen LogP contribution in [0.25, 0.3) is 0 Å². The standard InChI is InChI=1S/C14H16Br2N4/c1-9-6-10(15)14(11(16)7-9)17-8-13-19-18-12-4-2-3-5-20(12)13/h6-7,17H,2-5,8H2,1H3. The van der Waals surface area contributed by atoms with Crippen molar-refractivity contribution in [2.24, 2.45) is 0 Å². The summed E-state index contributed by atoms with van der Waals surface area (Å²) in [5, 5.41) is 12.0. The largest absolute Gasteiger partial charge is 0.376 e. The summed E-state index contributed by atoms with van der Waals surface area (Å²) in [7, 11) is 0. The van der Waals surface area contributed by atoms with E-state index in [1.54, 1.807) is 0 Å². The van der Waals surface area contributed by atoms with Gasteiger partial charge in [0, 0.05) is 21.9 Å². The van der Waals surface area contributed by atoms with E-state index in [-0.39, 0.29) is 0 Å². The summed E-state index contributed by atoms with van der Waals surface area (Å²) < 4.78 is 4.36. The maximum absolute atomic E-state index is 4.31. The van der Waals surface area contributed by atoms with Crippen LogP contribution in [0.3, 0.4) is 0 Å². The molecule has 1 aromatic carbocycles. The van der Waals surface area contributed by atoms with Gasteiger partial charge in [-0.25, -0.2) is 0 Å². The molecular formula is C14H16Br2N4. The van der Waals surface area contributed by atoms with Crippen LogP contribution in [0.15, 0.2) is 21.1 Å². The number of benzene rings is 1. The molecule has 0 fully saturated rings. The van der Waals surface area contributed by atoms with Gasteiger partial charge >= 0.3 is 0 Å². The van der Waals surface area contributed by atoms with Crippen LogP contribution in [0.2, 0.25) is 0 Å². The second-order valence-electron chi connectivity index (χ2n) is 5.10. The Hall–Kier alpha value is -0.880. The van der Waals surface area contributed by atoms with E-state index in [9.17, 15) is 0 Å². The van der Waals surface area contributed by atoms with Crippen LogP contribution >= 0.6 is 31.9 Å². The van der Waals surface area contributed by atoms with Crippen molar-refractivity contribution < 1.29 is 0 Å². The van der Waals surface area contributed by atoms with Crippen molar-refractivity contribution in [3.8, 4) is 0 Å². The van der Waals surface area contributed by atoms with E-state index < -0.39 is 0 Å². The number of nitrogens with zero attached hydrogens (tertiary/aromatic N) is 3. The fourth-order valence-electron chi connectivity index (χ4n) is 2.54. The number of aromatic nitrogens is 3.